The van der Waals surface area contributed by atoms with Gasteiger partial charge in [0.25, 0.3) is 11.5 Å². The van der Waals surface area contributed by atoms with Gasteiger partial charge in [-0.05, 0) is 37.3 Å². The second-order valence-corrected chi connectivity index (χ2v) is 5.00. The average molecular weight is 327 g/mol. The molecule has 0 saturated heterocycles. The van der Waals surface area contributed by atoms with Crippen LogP contribution in [0.1, 0.15) is 28.0 Å². The fraction of sp³-hybridized carbons (Fsp3) is 0.125. The first kappa shape index (κ1) is 15.5. The van der Waals surface area contributed by atoms with E-state index < -0.39 is 11.9 Å². The Morgan fingerprint density at radius 3 is 2.75 bits per heavy atom. The number of aromatic carboxylic acids is 1. The van der Waals surface area contributed by atoms with Crippen LogP contribution >= 0.6 is 0 Å². The lowest BCUT2D eigenvalue weighted by molar-refractivity contribution is 0.0665. The first-order valence-electron chi connectivity index (χ1n) is 7.14. The number of anilines is 1. The topological polar surface area (TPSA) is 114 Å². The van der Waals surface area contributed by atoms with Gasteiger partial charge >= 0.3 is 5.97 Å². The number of carboxylic acids is 1. The van der Waals surface area contributed by atoms with Crippen molar-refractivity contribution < 1.29 is 19.1 Å². The van der Waals surface area contributed by atoms with Crippen LogP contribution < -0.4 is 10.9 Å². The summed E-state index contributed by atoms with van der Waals surface area (Å²) >= 11 is 0. The molecule has 2 aromatic heterocycles. The molecule has 0 unspecified atom stereocenters. The first-order chi connectivity index (χ1) is 11.5. The molecule has 0 bridgehead atoms. The Bertz CT molecular complexity index is 1000. The third-order valence-corrected chi connectivity index (χ3v) is 3.38. The van der Waals surface area contributed by atoms with Gasteiger partial charge in [0.15, 0.2) is 0 Å². The number of hydrogen-bond acceptors (Lipinski definition) is 5. The van der Waals surface area contributed by atoms with Crippen LogP contribution in [-0.2, 0) is 6.54 Å². The summed E-state index contributed by atoms with van der Waals surface area (Å²) in [6.07, 6.45) is 0. The van der Waals surface area contributed by atoms with E-state index in [1.54, 1.807) is 25.1 Å². The van der Waals surface area contributed by atoms with Crippen molar-refractivity contribution in [3.63, 3.8) is 0 Å². The van der Waals surface area contributed by atoms with Crippen molar-refractivity contribution in [3.05, 3.63) is 58.2 Å². The molecule has 122 valence electrons. The van der Waals surface area contributed by atoms with Gasteiger partial charge in [-0.2, -0.15) is 5.10 Å². The number of fused-ring (bicyclic) bond motifs is 1. The molecule has 8 heteroatoms. The van der Waals surface area contributed by atoms with Crippen molar-refractivity contribution in [1.82, 2.24) is 9.78 Å². The maximum atomic E-state index is 12.2. The lowest BCUT2D eigenvalue weighted by Gasteiger charge is -2.06. The number of aromatic nitrogens is 2. The summed E-state index contributed by atoms with van der Waals surface area (Å²) in [6, 6.07) is 8.76. The van der Waals surface area contributed by atoms with Crippen LogP contribution in [0.2, 0.25) is 0 Å². The van der Waals surface area contributed by atoms with E-state index >= 15 is 0 Å². The van der Waals surface area contributed by atoms with Gasteiger partial charge in [0.2, 0.25) is 5.76 Å². The largest absolute Gasteiger partial charge is 0.475 e. The van der Waals surface area contributed by atoms with E-state index in [9.17, 15) is 14.4 Å². The number of furan rings is 1. The smallest absolute Gasteiger partial charge is 0.371 e. The summed E-state index contributed by atoms with van der Waals surface area (Å²) in [7, 11) is 0. The minimum Gasteiger partial charge on any atom is -0.475 e. The first-order valence-corrected chi connectivity index (χ1v) is 7.14. The van der Waals surface area contributed by atoms with Crippen molar-refractivity contribution in [2.24, 2.45) is 0 Å². The van der Waals surface area contributed by atoms with Crippen LogP contribution in [0.15, 0.2) is 45.6 Å². The molecule has 1 aromatic carbocycles. The minimum atomic E-state index is -1.16. The van der Waals surface area contributed by atoms with E-state index in [4.69, 9.17) is 9.52 Å². The van der Waals surface area contributed by atoms with Crippen molar-refractivity contribution in [1.29, 1.82) is 0 Å². The molecular formula is C16H13N3O5. The number of carbonyl (C=O) groups excluding carboxylic acids is 1. The zero-order valence-electron chi connectivity index (χ0n) is 12.6. The number of nitrogens with zero attached hydrogens (tertiary/aromatic N) is 2. The molecule has 24 heavy (non-hydrogen) atoms. The highest BCUT2D eigenvalue weighted by atomic mass is 16.4. The average Bonchev–Trinajstić information content (AvgIpc) is 2.98. The molecule has 3 aromatic rings. The number of rotatable bonds is 4. The summed E-state index contributed by atoms with van der Waals surface area (Å²) in [5, 5.41) is 16.1. The zero-order chi connectivity index (χ0) is 17.3. The Morgan fingerprint density at radius 1 is 1.25 bits per heavy atom. The van der Waals surface area contributed by atoms with Crippen LogP contribution in [0.25, 0.3) is 11.0 Å². The second kappa shape index (κ2) is 5.99. The minimum absolute atomic E-state index is 0.106. The van der Waals surface area contributed by atoms with Crippen molar-refractivity contribution in [2.45, 2.75) is 13.5 Å². The van der Waals surface area contributed by atoms with Crippen molar-refractivity contribution in [3.8, 4) is 0 Å². The van der Waals surface area contributed by atoms with Gasteiger partial charge in [-0.3, -0.25) is 9.59 Å². The van der Waals surface area contributed by atoms with Gasteiger partial charge in [-0.25, -0.2) is 9.48 Å². The fourth-order valence-corrected chi connectivity index (χ4v) is 2.22. The van der Waals surface area contributed by atoms with E-state index in [-0.39, 0.29) is 17.0 Å². The monoisotopic (exact) mass is 327 g/mol. The highest BCUT2D eigenvalue weighted by Crippen LogP contribution is 2.23. The van der Waals surface area contributed by atoms with Crippen LogP contribution in [0.4, 0.5) is 5.69 Å². The number of carboxylic acid groups (broad SMARTS) is 1. The molecule has 0 fully saturated rings. The third kappa shape index (κ3) is 2.89. The lowest BCUT2D eigenvalue weighted by atomic mass is 10.2. The molecule has 0 radical (unpaired) electrons. The Balaban J connectivity index is 1.87. The van der Waals surface area contributed by atoms with Gasteiger partial charge < -0.3 is 14.8 Å². The number of benzene rings is 1. The van der Waals surface area contributed by atoms with E-state index in [0.29, 0.717) is 23.2 Å². The molecule has 0 aliphatic rings. The van der Waals surface area contributed by atoms with Gasteiger partial charge in [0, 0.05) is 23.7 Å². The quantitative estimate of drug-likeness (QED) is 0.757. The highest BCUT2D eigenvalue weighted by molar-refractivity contribution is 6.03. The summed E-state index contributed by atoms with van der Waals surface area (Å²) in [4.78, 5) is 34.6. The second-order valence-electron chi connectivity index (χ2n) is 5.00. The summed E-state index contributed by atoms with van der Waals surface area (Å²) < 4.78 is 6.34. The summed E-state index contributed by atoms with van der Waals surface area (Å²) in [5.74, 6) is -1.81. The van der Waals surface area contributed by atoms with Gasteiger partial charge in [-0.15, -0.1) is 0 Å². The van der Waals surface area contributed by atoms with E-state index in [2.05, 4.69) is 10.4 Å². The normalized spacial score (nSPS) is 10.7. The van der Waals surface area contributed by atoms with Gasteiger partial charge in [-0.1, -0.05) is 0 Å². The summed E-state index contributed by atoms with van der Waals surface area (Å²) in [5.41, 5.74) is 0.689. The maximum absolute atomic E-state index is 12.2. The predicted octanol–water partition coefficient (Wildman–Crippen LogP) is 1.96. The molecule has 0 atom stereocenters. The number of hydrogen-bond donors (Lipinski definition) is 2. The molecule has 3 rings (SSSR count). The Morgan fingerprint density at radius 2 is 2.04 bits per heavy atom. The highest BCUT2D eigenvalue weighted by Gasteiger charge is 2.13. The molecule has 2 N–H and O–H groups in total. The molecule has 2 heterocycles. The third-order valence-electron chi connectivity index (χ3n) is 3.38. The SMILES string of the molecule is CCn1nc(C(=O)Nc2ccc3oc(C(=O)O)cc3c2)ccc1=O. The van der Waals surface area contributed by atoms with E-state index in [1.807, 2.05) is 0 Å². The number of nitrogens with one attached hydrogen (secondary N) is 1. The Labute approximate surface area is 135 Å². The molecule has 0 saturated carbocycles. The van der Waals surface area contributed by atoms with Crippen LogP contribution in [0.3, 0.4) is 0 Å². The molecule has 0 spiro atoms. The van der Waals surface area contributed by atoms with Gasteiger partial charge in [0.05, 0.1) is 0 Å². The van der Waals surface area contributed by atoms with Crippen LogP contribution in [0, 0.1) is 0 Å². The Kier molecular flexibility index (Phi) is 3.87. The van der Waals surface area contributed by atoms with Crippen LogP contribution in [-0.4, -0.2) is 26.8 Å². The molecule has 0 aliphatic carbocycles. The fourth-order valence-electron chi connectivity index (χ4n) is 2.22. The number of aryl methyl sites for hydroxylation is 1. The molecule has 0 aliphatic heterocycles. The Hall–Kier alpha value is -3.42. The summed E-state index contributed by atoms with van der Waals surface area (Å²) in [6.45, 7) is 2.11. The van der Waals surface area contributed by atoms with Gasteiger partial charge in [0.1, 0.15) is 11.3 Å². The maximum Gasteiger partial charge on any atom is 0.371 e. The van der Waals surface area contributed by atoms with Crippen LogP contribution in [0.5, 0.6) is 0 Å². The van der Waals surface area contributed by atoms with Crippen molar-refractivity contribution >= 4 is 28.5 Å². The zero-order valence-corrected chi connectivity index (χ0v) is 12.6. The number of carbonyl (C=O) groups is 2. The standard InChI is InChI=1S/C16H13N3O5/c1-2-19-14(20)6-4-11(18-19)15(21)17-10-3-5-12-9(7-10)8-13(24-12)16(22)23/h3-8H,2H2,1H3,(H,17,21)(H,22,23). The predicted molar refractivity (Wildman–Crippen MR) is 85.3 cm³/mol. The van der Waals surface area contributed by atoms with Crippen molar-refractivity contribution in [2.75, 3.05) is 5.32 Å². The molecule has 1 amide bonds. The lowest BCUT2D eigenvalue weighted by Crippen LogP contribution is -2.25. The molecule has 8 nitrogen and oxygen atoms in total. The van der Waals surface area contributed by atoms with E-state index in [0.717, 1.165) is 0 Å². The number of amides is 1. The van der Waals surface area contributed by atoms with E-state index in [1.165, 1.54) is 22.9 Å². The molecular weight excluding hydrogens is 314 g/mol.